The second kappa shape index (κ2) is 3.93. The van der Waals surface area contributed by atoms with Crippen molar-refractivity contribution < 1.29 is 19.4 Å². The van der Waals surface area contributed by atoms with Gasteiger partial charge in [-0.2, -0.15) is 0 Å². The van der Waals surface area contributed by atoms with E-state index in [1.165, 1.54) is 11.0 Å². The second-order valence-corrected chi connectivity index (χ2v) is 2.70. The first kappa shape index (κ1) is 9.57. The molecule has 0 aromatic carbocycles. The lowest BCUT2D eigenvalue weighted by Gasteiger charge is -2.36. The first-order valence-corrected chi connectivity index (χ1v) is 3.94. The number of carbonyl (C=O) groups excluding carboxylic acids is 1. The number of hydrogen-bond acceptors (Lipinski definition) is 3. The van der Waals surface area contributed by atoms with Gasteiger partial charge in [-0.25, -0.2) is 9.59 Å². The average Bonchev–Trinajstić information content (AvgIpc) is 1.97. The maximum Gasteiger partial charge on any atom is 0.410 e. The van der Waals surface area contributed by atoms with Crippen molar-refractivity contribution in [3.63, 3.8) is 0 Å². The summed E-state index contributed by atoms with van der Waals surface area (Å²) in [5, 5.41) is 8.61. The van der Waals surface area contributed by atoms with Crippen LogP contribution in [0.4, 0.5) is 4.79 Å². The Labute approximate surface area is 75.6 Å². The zero-order valence-corrected chi connectivity index (χ0v) is 7.10. The molecule has 1 aliphatic rings. The summed E-state index contributed by atoms with van der Waals surface area (Å²) in [4.78, 5) is 22.8. The fourth-order valence-corrected chi connectivity index (χ4v) is 1.08. The van der Waals surface area contributed by atoms with E-state index in [9.17, 15) is 9.59 Å². The van der Waals surface area contributed by atoms with E-state index in [1.807, 2.05) is 0 Å². The first-order chi connectivity index (χ1) is 6.16. The monoisotopic (exact) mass is 185 g/mol. The van der Waals surface area contributed by atoms with Crippen molar-refractivity contribution >= 4 is 12.1 Å². The Morgan fingerprint density at radius 3 is 2.77 bits per heavy atom. The standard InChI is InChI=1S/C8H11NO4/c1-2-5-13-8(12)9-4-3-6(9)7(10)11/h2,6H,1,3-5H2,(H,10,11)/t6-/m0/s1. The minimum absolute atomic E-state index is 0.113. The minimum Gasteiger partial charge on any atom is -0.480 e. The summed E-state index contributed by atoms with van der Waals surface area (Å²) in [6.07, 6.45) is 1.35. The molecule has 0 aromatic rings. The van der Waals surface area contributed by atoms with Gasteiger partial charge in [-0.1, -0.05) is 12.7 Å². The van der Waals surface area contributed by atoms with E-state index in [-0.39, 0.29) is 6.61 Å². The summed E-state index contributed by atoms with van der Waals surface area (Å²) in [7, 11) is 0. The van der Waals surface area contributed by atoms with Crippen LogP contribution in [-0.4, -0.2) is 41.3 Å². The maximum absolute atomic E-state index is 11.1. The topological polar surface area (TPSA) is 66.8 Å². The molecule has 0 spiro atoms. The molecular formula is C8H11NO4. The van der Waals surface area contributed by atoms with Crippen LogP contribution in [0.2, 0.25) is 0 Å². The first-order valence-electron chi connectivity index (χ1n) is 3.94. The summed E-state index contributed by atoms with van der Waals surface area (Å²) >= 11 is 0. The molecule has 1 fully saturated rings. The highest BCUT2D eigenvalue weighted by Crippen LogP contribution is 2.18. The highest BCUT2D eigenvalue weighted by Gasteiger charge is 2.38. The molecule has 5 nitrogen and oxygen atoms in total. The largest absolute Gasteiger partial charge is 0.480 e. The van der Waals surface area contributed by atoms with Crippen molar-refractivity contribution in [3.8, 4) is 0 Å². The van der Waals surface area contributed by atoms with Gasteiger partial charge in [0.15, 0.2) is 0 Å². The lowest BCUT2D eigenvalue weighted by Crippen LogP contribution is -2.55. The van der Waals surface area contributed by atoms with Crippen LogP contribution in [0.5, 0.6) is 0 Å². The molecule has 0 unspecified atom stereocenters. The molecule has 13 heavy (non-hydrogen) atoms. The summed E-state index contributed by atoms with van der Waals surface area (Å²) in [6, 6.07) is -0.711. The molecule has 1 atom stereocenters. The Morgan fingerprint density at radius 1 is 1.69 bits per heavy atom. The van der Waals surface area contributed by atoms with E-state index in [4.69, 9.17) is 5.11 Å². The Bertz CT molecular complexity index is 238. The van der Waals surface area contributed by atoms with Crippen LogP contribution in [0, 0.1) is 0 Å². The number of carbonyl (C=O) groups is 2. The van der Waals surface area contributed by atoms with Gasteiger partial charge in [0, 0.05) is 6.54 Å². The van der Waals surface area contributed by atoms with Crippen molar-refractivity contribution in [3.05, 3.63) is 12.7 Å². The molecule has 1 heterocycles. The molecule has 1 saturated heterocycles. The molecule has 0 aliphatic carbocycles. The molecule has 1 aliphatic heterocycles. The number of carboxylic acid groups (broad SMARTS) is 1. The van der Waals surface area contributed by atoms with Crippen LogP contribution in [0.15, 0.2) is 12.7 Å². The Kier molecular flexibility index (Phi) is 2.89. The number of hydrogen-bond donors (Lipinski definition) is 1. The SMILES string of the molecule is C=CCOC(=O)N1CC[C@H]1C(=O)O. The molecule has 1 amide bonds. The average molecular weight is 185 g/mol. The van der Waals surface area contributed by atoms with Crippen LogP contribution in [-0.2, 0) is 9.53 Å². The third-order valence-electron chi connectivity index (χ3n) is 1.86. The van der Waals surface area contributed by atoms with Gasteiger partial charge in [-0.15, -0.1) is 0 Å². The zero-order valence-electron chi connectivity index (χ0n) is 7.10. The zero-order chi connectivity index (χ0) is 9.84. The van der Waals surface area contributed by atoms with E-state index in [1.54, 1.807) is 0 Å². The number of nitrogens with zero attached hydrogens (tertiary/aromatic N) is 1. The van der Waals surface area contributed by atoms with Crippen LogP contribution >= 0.6 is 0 Å². The van der Waals surface area contributed by atoms with E-state index in [0.717, 1.165) is 0 Å². The summed E-state index contributed by atoms with van der Waals surface area (Å²) in [5.74, 6) is -0.984. The lowest BCUT2D eigenvalue weighted by atomic mass is 10.1. The smallest absolute Gasteiger partial charge is 0.410 e. The molecule has 1 N–H and O–H groups in total. The fraction of sp³-hybridized carbons (Fsp3) is 0.500. The Morgan fingerprint density at radius 2 is 2.38 bits per heavy atom. The normalized spacial score (nSPS) is 20.3. The van der Waals surface area contributed by atoms with Crippen molar-refractivity contribution in [2.75, 3.05) is 13.2 Å². The third-order valence-corrected chi connectivity index (χ3v) is 1.86. The van der Waals surface area contributed by atoms with E-state index in [0.29, 0.717) is 13.0 Å². The lowest BCUT2D eigenvalue weighted by molar-refractivity contribution is -0.146. The highest BCUT2D eigenvalue weighted by molar-refractivity contribution is 5.81. The molecule has 0 bridgehead atoms. The van der Waals surface area contributed by atoms with E-state index >= 15 is 0 Å². The van der Waals surface area contributed by atoms with Crippen LogP contribution < -0.4 is 0 Å². The number of likely N-dealkylation sites (tertiary alicyclic amines) is 1. The van der Waals surface area contributed by atoms with Crippen LogP contribution in [0.1, 0.15) is 6.42 Å². The number of carboxylic acids is 1. The van der Waals surface area contributed by atoms with Crippen molar-refractivity contribution in [2.45, 2.75) is 12.5 Å². The Balaban J connectivity index is 2.39. The number of aliphatic carboxylic acids is 1. The van der Waals surface area contributed by atoms with Crippen LogP contribution in [0.25, 0.3) is 0 Å². The summed E-state index contributed by atoms with van der Waals surface area (Å²) < 4.78 is 4.68. The minimum atomic E-state index is -0.984. The van der Waals surface area contributed by atoms with Crippen molar-refractivity contribution in [1.29, 1.82) is 0 Å². The molecular weight excluding hydrogens is 174 g/mol. The quantitative estimate of drug-likeness (QED) is 0.649. The molecule has 0 aromatic heterocycles. The summed E-state index contributed by atoms with van der Waals surface area (Å²) in [6.45, 7) is 3.94. The van der Waals surface area contributed by atoms with Gasteiger partial charge in [0.2, 0.25) is 0 Å². The van der Waals surface area contributed by atoms with Gasteiger partial charge in [-0.3, -0.25) is 4.90 Å². The molecule has 0 saturated carbocycles. The van der Waals surface area contributed by atoms with Gasteiger partial charge < -0.3 is 9.84 Å². The predicted octanol–water partition coefficient (Wildman–Crippen LogP) is 0.468. The van der Waals surface area contributed by atoms with Gasteiger partial charge in [0.25, 0.3) is 0 Å². The van der Waals surface area contributed by atoms with Crippen molar-refractivity contribution in [2.24, 2.45) is 0 Å². The molecule has 72 valence electrons. The second-order valence-electron chi connectivity index (χ2n) is 2.70. The van der Waals surface area contributed by atoms with E-state index in [2.05, 4.69) is 11.3 Å². The van der Waals surface area contributed by atoms with Gasteiger partial charge in [0.05, 0.1) is 0 Å². The predicted molar refractivity (Wildman–Crippen MR) is 44.3 cm³/mol. The maximum atomic E-state index is 11.1. The van der Waals surface area contributed by atoms with E-state index < -0.39 is 18.1 Å². The van der Waals surface area contributed by atoms with Crippen LogP contribution in [0.3, 0.4) is 0 Å². The third kappa shape index (κ3) is 1.99. The fourth-order valence-electron chi connectivity index (χ4n) is 1.08. The Hall–Kier alpha value is -1.52. The van der Waals surface area contributed by atoms with Gasteiger partial charge in [-0.05, 0) is 6.42 Å². The summed E-state index contributed by atoms with van der Waals surface area (Å²) in [5.41, 5.74) is 0. The van der Waals surface area contributed by atoms with Crippen molar-refractivity contribution in [1.82, 2.24) is 4.90 Å². The molecule has 0 radical (unpaired) electrons. The van der Waals surface area contributed by atoms with Gasteiger partial charge >= 0.3 is 12.1 Å². The van der Waals surface area contributed by atoms with Gasteiger partial charge in [0.1, 0.15) is 12.6 Å². The number of amides is 1. The molecule has 5 heteroatoms. The number of rotatable bonds is 3. The highest BCUT2D eigenvalue weighted by atomic mass is 16.6. The number of ether oxygens (including phenoxy) is 1. The molecule has 1 rings (SSSR count).